The van der Waals surface area contributed by atoms with Gasteiger partial charge < -0.3 is 10.4 Å². The standard InChI is InChI=1S/C13H17NO3/c1-2-3-8-14-12(15)9-10-6-4-5-7-11(10)13(16)17/h4-7H,2-3,8-9H2,1H3,(H,14,15)(H,16,17). The van der Waals surface area contributed by atoms with Crippen LogP contribution in [0.1, 0.15) is 35.7 Å². The highest BCUT2D eigenvalue weighted by Crippen LogP contribution is 2.09. The molecule has 0 heterocycles. The zero-order valence-corrected chi connectivity index (χ0v) is 9.90. The Morgan fingerprint density at radius 3 is 2.65 bits per heavy atom. The topological polar surface area (TPSA) is 66.4 Å². The predicted molar refractivity (Wildman–Crippen MR) is 65.0 cm³/mol. The van der Waals surface area contributed by atoms with Gasteiger partial charge in [-0.15, -0.1) is 0 Å². The number of carboxylic acids is 1. The van der Waals surface area contributed by atoms with E-state index in [-0.39, 0.29) is 17.9 Å². The summed E-state index contributed by atoms with van der Waals surface area (Å²) in [6, 6.07) is 6.57. The Balaban J connectivity index is 2.61. The Labute approximate surface area is 101 Å². The van der Waals surface area contributed by atoms with Gasteiger partial charge in [-0.3, -0.25) is 4.79 Å². The summed E-state index contributed by atoms with van der Waals surface area (Å²) in [7, 11) is 0. The molecule has 0 saturated carbocycles. The molecule has 0 aliphatic rings. The summed E-state index contributed by atoms with van der Waals surface area (Å²) < 4.78 is 0. The fraction of sp³-hybridized carbons (Fsp3) is 0.385. The van der Waals surface area contributed by atoms with E-state index in [0.717, 1.165) is 12.8 Å². The van der Waals surface area contributed by atoms with Gasteiger partial charge in [0, 0.05) is 6.54 Å². The maximum absolute atomic E-state index is 11.6. The molecule has 2 N–H and O–H groups in total. The quantitative estimate of drug-likeness (QED) is 0.739. The molecular formula is C13H17NO3. The van der Waals surface area contributed by atoms with Crippen LogP contribution >= 0.6 is 0 Å². The van der Waals surface area contributed by atoms with Gasteiger partial charge in [-0.2, -0.15) is 0 Å². The first-order chi connectivity index (χ1) is 8.15. The van der Waals surface area contributed by atoms with Crippen LogP contribution in [0.5, 0.6) is 0 Å². The van der Waals surface area contributed by atoms with E-state index in [1.54, 1.807) is 18.2 Å². The molecule has 1 amide bonds. The first-order valence-electron chi connectivity index (χ1n) is 5.73. The number of rotatable bonds is 6. The van der Waals surface area contributed by atoms with Crippen molar-refractivity contribution in [1.82, 2.24) is 5.32 Å². The van der Waals surface area contributed by atoms with Gasteiger partial charge in [0.15, 0.2) is 0 Å². The highest BCUT2D eigenvalue weighted by Gasteiger charge is 2.11. The van der Waals surface area contributed by atoms with Gasteiger partial charge in [-0.25, -0.2) is 4.79 Å². The van der Waals surface area contributed by atoms with Crippen molar-refractivity contribution in [3.63, 3.8) is 0 Å². The molecular weight excluding hydrogens is 218 g/mol. The first-order valence-corrected chi connectivity index (χ1v) is 5.73. The van der Waals surface area contributed by atoms with Crippen molar-refractivity contribution in [1.29, 1.82) is 0 Å². The van der Waals surface area contributed by atoms with Crippen LogP contribution in [-0.4, -0.2) is 23.5 Å². The maximum atomic E-state index is 11.6. The lowest BCUT2D eigenvalue weighted by Gasteiger charge is -2.06. The number of nitrogens with one attached hydrogen (secondary N) is 1. The number of aromatic carboxylic acids is 1. The maximum Gasteiger partial charge on any atom is 0.335 e. The monoisotopic (exact) mass is 235 g/mol. The summed E-state index contributed by atoms with van der Waals surface area (Å²) in [6.07, 6.45) is 2.07. The van der Waals surface area contributed by atoms with Crippen LogP contribution in [0.4, 0.5) is 0 Å². The number of carbonyl (C=O) groups excluding carboxylic acids is 1. The third-order valence-electron chi connectivity index (χ3n) is 2.45. The normalized spacial score (nSPS) is 9.94. The van der Waals surface area contributed by atoms with Crippen LogP contribution in [0.15, 0.2) is 24.3 Å². The summed E-state index contributed by atoms with van der Waals surface area (Å²) in [4.78, 5) is 22.5. The second-order valence-corrected chi connectivity index (χ2v) is 3.84. The molecule has 0 aliphatic heterocycles. The van der Waals surface area contributed by atoms with Gasteiger partial charge in [0.05, 0.1) is 12.0 Å². The van der Waals surface area contributed by atoms with Gasteiger partial charge in [0.2, 0.25) is 5.91 Å². The average Bonchev–Trinajstić information content (AvgIpc) is 2.29. The predicted octanol–water partition coefficient (Wildman–Crippen LogP) is 1.84. The second kappa shape index (κ2) is 6.68. The van der Waals surface area contributed by atoms with Crippen molar-refractivity contribution in [3.8, 4) is 0 Å². The fourth-order valence-electron chi connectivity index (χ4n) is 1.52. The lowest BCUT2D eigenvalue weighted by molar-refractivity contribution is -0.120. The number of carbonyl (C=O) groups is 2. The molecule has 0 saturated heterocycles. The molecule has 0 spiro atoms. The Bertz CT molecular complexity index is 401. The number of hydrogen-bond acceptors (Lipinski definition) is 2. The van der Waals surface area contributed by atoms with Crippen molar-refractivity contribution in [2.24, 2.45) is 0 Å². The zero-order valence-electron chi connectivity index (χ0n) is 9.90. The molecule has 4 nitrogen and oxygen atoms in total. The molecule has 1 aromatic rings. The van der Waals surface area contributed by atoms with Crippen molar-refractivity contribution in [3.05, 3.63) is 35.4 Å². The Hall–Kier alpha value is -1.84. The minimum atomic E-state index is -0.998. The Kier molecular flexibility index (Phi) is 5.20. The smallest absolute Gasteiger partial charge is 0.335 e. The number of carboxylic acid groups (broad SMARTS) is 1. The summed E-state index contributed by atoms with van der Waals surface area (Å²) in [5, 5.41) is 11.7. The van der Waals surface area contributed by atoms with Gasteiger partial charge in [0.25, 0.3) is 0 Å². The molecule has 0 fully saturated rings. The third kappa shape index (κ3) is 4.26. The van der Waals surface area contributed by atoms with E-state index in [0.29, 0.717) is 12.1 Å². The summed E-state index contributed by atoms with van der Waals surface area (Å²) in [5.41, 5.74) is 0.743. The largest absolute Gasteiger partial charge is 0.478 e. The molecule has 1 rings (SSSR count). The van der Waals surface area contributed by atoms with Crippen LogP contribution in [-0.2, 0) is 11.2 Å². The summed E-state index contributed by atoms with van der Waals surface area (Å²) in [6.45, 7) is 2.69. The van der Waals surface area contributed by atoms with E-state index >= 15 is 0 Å². The van der Waals surface area contributed by atoms with Crippen LogP contribution in [0.2, 0.25) is 0 Å². The van der Waals surface area contributed by atoms with Crippen molar-refractivity contribution in [2.75, 3.05) is 6.54 Å². The zero-order chi connectivity index (χ0) is 12.7. The molecule has 4 heteroatoms. The molecule has 1 aromatic carbocycles. The van der Waals surface area contributed by atoms with Crippen LogP contribution in [0.25, 0.3) is 0 Å². The molecule has 17 heavy (non-hydrogen) atoms. The van der Waals surface area contributed by atoms with E-state index in [9.17, 15) is 9.59 Å². The van der Waals surface area contributed by atoms with E-state index in [1.165, 1.54) is 6.07 Å². The van der Waals surface area contributed by atoms with Gasteiger partial charge >= 0.3 is 5.97 Å². The second-order valence-electron chi connectivity index (χ2n) is 3.84. The number of benzene rings is 1. The van der Waals surface area contributed by atoms with E-state index in [1.807, 2.05) is 6.92 Å². The van der Waals surface area contributed by atoms with E-state index in [4.69, 9.17) is 5.11 Å². The highest BCUT2D eigenvalue weighted by molar-refractivity contribution is 5.91. The summed E-state index contributed by atoms with van der Waals surface area (Å²) in [5.74, 6) is -1.13. The van der Waals surface area contributed by atoms with Crippen LogP contribution in [0, 0.1) is 0 Å². The van der Waals surface area contributed by atoms with Crippen molar-refractivity contribution >= 4 is 11.9 Å². The summed E-state index contributed by atoms with van der Waals surface area (Å²) >= 11 is 0. The molecule has 0 aliphatic carbocycles. The first kappa shape index (κ1) is 13.2. The average molecular weight is 235 g/mol. The van der Waals surface area contributed by atoms with E-state index in [2.05, 4.69) is 5.32 Å². The molecule has 0 unspecified atom stereocenters. The highest BCUT2D eigenvalue weighted by atomic mass is 16.4. The Morgan fingerprint density at radius 2 is 2.00 bits per heavy atom. The number of unbranched alkanes of at least 4 members (excludes halogenated alkanes) is 1. The van der Waals surface area contributed by atoms with Gasteiger partial charge in [-0.1, -0.05) is 31.5 Å². The van der Waals surface area contributed by atoms with Gasteiger partial charge in [0.1, 0.15) is 0 Å². The SMILES string of the molecule is CCCCNC(=O)Cc1ccccc1C(=O)O. The minimum Gasteiger partial charge on any atom is -0.478 e. The van der Waals surface area contributed by atoms with Gasteiger partial charge in [-0.05, 0) is 18.1 Å². The number of hydrogen-bond donors (Lipinski definition) is 2. The van der Waals surface area contributed by atoms with Crippen LogP contribution < -0.4 is 5.32 Å². The van der Waals surface area contributed by atoms with Crippen molar-refractivity contribution < 1.29 is 14.7 Å². The lowest BCUT2D eigenvalue weighted by Crippen LogP contribution is -2.26. The molecule has 0 atom stereocenters. The van der Waals surface area contributed by atoms with Crippen LogP contribution in [0.3, 0.4) is 0 Å². The van der Waals surface area contributed by atoms with Crippen molar-refractivity contribution in [2.45, 2.75) is 26.2 Å². The van der Waals surface area contributed by atoms with E-state index < -0.39 is 5.97 Å². The number of amides is 1. The molecule has 0 aromatic heterocycles. The molecule has 92 valence electrons. The lowest BCUT2D eigenvalue weighted by atomic mass is 10.0. The Morgan fingerprint density at radius 1 is 1.29 bits per heavy atom. The molecule has 0 radical (unpaired) electrons. The fourth-order valence-corrected chi connectivity index (χ4v) is 1.52. The molecule has 0 bridgehead atoms. The third-order valence-corrected chi connectivity index (χ3v) is 2.45. The minimum absolute atomic E-state index is 0.117.